The average Bonchev–Trinajstić information content (AvgIpc) is 2.96. The largest absolute Gasteiger partial charge is 0.467 e. The number of hydrogen-bond acceptors (Lipinski definition) is 6. The van der Waals surface area contributed by atoms with E-state index < -0.39 is 17.8 Å². The lowest BCUT2D eigenvalue weighted by atomic mass is 10.0. The molecule has 0 fully saturated rings. The van der Waals surface area contributed by atoms with Gasteiger partial charge in [0.15, 0.2) is 17.3 Å². The minimum Gasteiger partial charge on any atom is -0.467 e. The highest BCUT2D eigenvalue weighted by Gasteiger charge is 2.27. The average molecular weight is 334 g/mol. The zero-order valence-electron chi connectivity index (χ0n) is 13.9. The highest BCUT2D eigenvalue weighted by Crippen LogP contribution is 2.22. The predicted molar refractivity (Wildman–Crippen MR) is 85.6 cm³/mol. The molecular weight excluding hydrogens is 315 g/mol. The molecule has 1 heterocycles. The molecule has 128 valence electrons. The summed E-state index contributed by atoms with van der Waals surface area (Å²) >= 11 is 0. The minimum atomic E-state index is -0.689. The van der Waals surface area contributed by atoms with Crippen LogP contribution in [-0.4, -0.2) is 39.9 Å². The van der Waals surface area contributed by atoms with Crippen LogP contribution in [-0.2, 0) is 9.53 Å². The van der Waals surface area contributed by atoms with Gasteiger partial charge in [-0.1, -0.05) is 19.1 Å². The highest BCUT2D eigenvalue weighted by molar-refractivity contribution is 5.97. The molecule has 0 bridgehead atoms. The Hall–Kier alpha value is -2.77. The number of aromatic nitrogens is 3. The van der Waals surface area contributed by atoms with Crippen LogP contribution in [0.1, 0.15) is 31.3 Å². The van der Waals surface area contributed by atoms with Crippen LogP contribution in [0.5, 0.6) is 0 Å². The summed E-state index contributed by atoms with van der Waals surface area (Å²) in [5.74, 6) is -1.01. The van der Waals surface area contributed by atoms with Crippen molar-refractivity contribution in [2.45, 2.75) is 26.8 Å². The number of esters is 1. The molecule has 0 aliphatic rings. The number of anilines is 1. The van der Waals surface area contributed by atoms with E-state index in [4.69, 9.17) is 4.74 Å². The third kappa shape index (κ3) is 3.58. The van der Waals surface area contributed by atoms with Gasteiger partial charge in [-0.3, -0.25) is 4.79 Å². The van der Waals surface area contributed by atoms with Crippen LogP contribution >= 0.6 is 0 Å². The number of carbonyl (C=O) groups excluding carboxylic acids is 2. The van der Waals surface area contributed by atoms with Gasteiger partial charge in [0, 0.05) is 6.92 Å². The second-order valence-corrected chi connectivity index (χ2v) is 5.62. The van der Waals surface area contributed by atoms with Gasteiger partial charge in [0.25, 0.3) is 0 Å². The molecule has 1 unspecified atom stereocenters. The fourth-order valence-corrected chi connectivity index (χ4v) is 2.18. The van der Waals surface area contributed by atoms with E-state index in [-0.39, 0.29) is 23.2 Å². The van der Waals surface area contributed by atoms with Gasteiger partial charge < -0.3 is 10.1 Å². The molecule has 0 saturated heterocycles. The molecule has 8 heteroatoms. The van der Waals surface area contributed by atoms with Crippen LogP contribution in [0.25, 0.3) is 5.69 Å². The van der Waals surface area contributed by atoms with Crippen LogP contribution in [0.3, 0.4) is 0 Å². The summed E-state index contributed by atoms with van der Waals surface area (Å²) < 4.78 is 19.3. The highest BCUT2D eigenvalue weighted by atomic mass is 19.1. The first-order valence-electron chi connectivity index (χ1n) is 7.42. The molecule has 1 aromatic heterocycles. The van der Waals surface area contributed by atoms with Crippen molar-refractivity contribution in [1.29, 1.82) is 0 Å². The number of nitrogens with zero attached hydrogens (tertiary/aromatic N) is 3. The number of Topliss-reactive ketones (excluding diaryl/α,β-unsaturated/α-hetero) is 1. The second kappa shape index (κ2) is 7.20. The van der Waals surface area contributed by atoms with Crippen LogP contribution in [0.2, 0.25) is 0 Å². The van der Waals surface area contributed by atoms with Crippen molar-refractivity contribution in [3.63, 3.8) is 0 Å². The first-order valence-corrected chi connectivity index (χ1v) is 7.42. The van der Waals surface area contributed by atoms with Crippen molar-refractivity contribution in [3.8, 4) is 5.69 Å². The zero-order chi connectivity index (χ0) is 17.9. The second-order valence-electron chi connectivity index (χ2n) is 5.62. The molecule has 2 rings (SSSR count). The summed E-state index contributed by atoms with van der Waals surface area (Å²) in [5.41, 5.74) is 0.597. The lowest BCUT2D eigenvalue weighted by Gasteiger charge is -2.21. The van der Waals surface area contributed by atoms with Gasteiger partial charge in [-0.2, -0.15) is 4.68 Å². The monoisotopic (exact) mass is 334 g/mol. The van der Waals surface area contributed by atoms with Crippen molar-refractivity contribution in [2.75, 3.05) is 12.4 Å². The fourth-order valence-electron chi connectivity index (χ4n) is 2.18. The number of carbonyl (C=O) groups is 2. The van der Waals surface area contributed by atoms with Crippen LogP contribution in [0, 0.1) is 11.7 Å². The summed E-state index contributed by atoms with van der Waals surface area (Å²) in [6.45, 7) is 5.04. The normalized spacial score (nSPS) is 12.1. The smallest absolute Gasteiger partial charge is 0.328 e. The van der Waals surface area contributed by atoms with Gasteiger partial charge in [0.2, 0.25) is 0 Å². The van der Waals surface area contributed by atoms with Crippen molar-refractivity contribution in [3.05, 3.63) is 35.8 Å². The molecule has 1 atom stereocenters. The number of benzene rings is 1. The molecule has 1 aromatic carbocycles. The lowest BCUT2D eigenvalue weighted by Crippen LogP contribution is -2.36. The van der Waals surface area contributed by atoms with E-state index in [2.05, 4.69) is 15.6 Å². The summed E-state index contributed by atoms with van der Waals surface area (Å²) in [5, 5.41) is 10.8. The summed E-state index contributed by atoms with van der Waals surface area (Å²) in [7, 11) is 1.29. The Labute approximate surface area is 138 Å². The maximum absolute atomic E-state index is 13.1. The fraction of sp³-hybridized carbons (Fsp3) is 0.375. The molecule has 0 aliphatic heterocycles. The SMILES string of the molecule is COC(=O)C(Nc1c(C(C)=O)nnn1-c1ccc(F)cc1)C(C)C. The first-order chi connectivity index (χ1) is 11.3. The number of ketones is 1. The van der Waals surface area contributed by atoms with Gasteiger partial charge in [0.05, 0.1) is 12.8 Å². The minimum absolute atomic E-state index is 0.0916. The maximum Gasteiger partial charge on any atom is 0.328 e. The number of rotatable bonds is 6. The van der Waals surface area contributed by atoms with Gasteiger partial charge >= 0.3 is 5.97 Å². The van der Waals surface area contributed by atoms with Crippen LogP contribution in [0.15, 0.2) is 24.3 Å². The Balaban J connectivity index is 2.49. The molecule has 24 heavy (non-hydrogen) atoms. The Morgan fingerprint density at radius 3 is 2.38 bits per heavy atom. The van der Waals surface area contributed by atoms with Gasteiger partial charge in [0.1, 0.15) is 11.9 Å². The number of nitrogens with one attached hydrogen (secondary N) is 1. The quantitative estimate of drug-likeness (QED) is 0.644. The standard InChI is InChI=1S/C16H19FN4O3/c1-9(2)13(16(23)24-4)18-15-14(10(3)22)19-20-21(15)12-7-5-11(17)6-8-12/h5-9,13,18H,1-4H3. The van der Waals surface area contributed by atoms with Crippen LogP contribution < -0.4 is 5.32 Å². The number of halogens is 1. The van der Waals surface area contributed by atoms with E-state index in [0.717, 1.165) is 0 Å². The number of hydrogen-bond donors (Lipinski definition) is 1. The first kappa shape index (κ1) is 17.6. The Morgan fingerprint density at radius 2 is 1.88 bits per heavy atom. The number of methoxy groups -OCH3 is 1. The lowest BCUT2D eigenvalue weighted by molar-refractivity contribution is -0.142. The van der Waals surface area contributed by atoms with Crippen molar-refractivity contribution in [1.82, 2.24) is 15.0 Å². The van der Waals surface area contributed by atoms with Gasteiger partial charge in [-0.05, 0) is 30.2 Å². The van der Waals surface area contributed by atoms with E-state index in [0.29, 0.717) is 5.69 Å². The molecular formula is C16H19FN4O3. The Bertz CT molecular complexity index is 740. The predicted octanol–water partition coefficient (Wildman–Crippen LogP) is 2.22. The van der Waals surface area contributed by atoms with E-state index in [1.807, 2.05) is 13.8 Å². The number of ether oxygens (including phenoxy) is 1. The van der Waals surface area contributed by atoms with Crippen molar-refractivity contribution < 1.29 is 18.7 Å². The van der Waals surface area contributed by atoms with Gasteiger partial charge in [-0.15, -0.1) is 5.10 Å². The van der Waals surface area contributed by atoms with Crippen molar-refractivity contribution in [2.24, 2.45) is 5.92 Å². The van der Waals surface area contributed by atoms with Crippen LogP contribution in [0.4, 0.5) is 10.2 Å². The molecule has 1 N–H and O–H groups in total. The zero-order valence-corrected chi connectivity index (χ0v) is 13.9. The molecule has 2 aromatic rings. The molecule has 0 aliphatic carbocycles. The van der Waals surface area contributed by atoms with E-state index in [9.17, 15) is 14.0 Å². The molecule has 0 radical (unpaired) electrons. The molecule has 7 nitrogen and oxygen atoms in total. The summed E-state index contributed by atoms with van der Waals surface area (Å²) in [6.07, 6.45) is 0. The Morgan fingerprint density at radius 1 is 1.25 bits per heavy atom. The van der Waals surface area contributed by atoms with Crippen molar-refractivity contribution >= 4 is 17.6 Å². The third-order valence-corrected chi connectivity index (χ3v) is 3.49. The maximum atomic E-state index is 13.1. The topological polar surface area (TPSA) is 86.1 Å². The third-order valence-electron chi connectivity index (χ3n) is 3.49. The van der Waals surface area contributed by atoms with E-state index in [1.54, 1.807) is 0 Å². The summed E-state index contributed by atoms with van der Waals surface area (Å²) in [4.78, 5) is 23.8. The van der Waals surface area contributed by atoms with E-state index >= 15 is 0 Å². The summed E-state index contributed by atoms with van der Waals surface area (Å²) in [6, 6.07) is 4.86. The molecule has 0 spiro atoms. The van der Waals surface area contributed by atoms with Gasteiger partial charge in [-0.25, -0.2) is 9.18 Å². The molecule has 0 amide bonds. The Kier molecular flexibility index (Phi) is 5.28. The molecule has 0 saturated carbocycles. The van der Waals surface area contributed by atoms with E-state index in [1.165, 1.54) is 43.0 Å².